The molecule has 2 heterocycles. The molecule has 0 amide bonds. The number of hydrogen-bond donors (Lipinski definition) is 0. The first-order valence-electron chi connectivity index (χ1n) is 11.3. The molecule has 0 saturated carbocycles. The van der Waals surface area contributed by atoms with E-state index < -0.39 is 32.2 Å². The average Bonchev–Trinajstić information content (AvgIpc) is 2.88. The zero-order valence-corrected chi connectivity index (χ0v) is 20.9. The Kier molecular flexibility index (Phi) is 6.13. The zero-order valence-electron chi connectivity index (χ0n) is 19.3. The number of carbonyl (C=O) groups is 1. The molecule has 0 fully saturated rings. The van der Waals surface area contributed by atoms with Crippen molar-refractivity contribution >= 4 is 31.8 Å². The fraction of sp³-hybridized carbons (Fsp3) is 0.240. The molecule has 36 heavy (non-hydrogen) atoms. The third-order valence-corrected chi connectivity index (χ3v) is 9.24. The van der Waals surface area contributed by atoms with Crippen LogP contribution in [0.2, 0.25) is 0 Å². The first-order chi connectivity index (χ1) is 17.2. The van der Waals surface area contributed by atoms with Gasteiger partial charge in [-0.05, 0) is 61.7 Å². The summed E-state index contributed by atoms with van der Waals surface area (Å²) in [5.74, 6) is -0.238. The van der Waals surface area contributed by atoms with E-state index in [1.165, 1.54) is 42.5 Å². The minimum absolute atomic E-state index is 0.0135. The quantitative estimate of drug-likeness (QED) is 0.493. The van der Waals surface area contributed by atoms with E-state index in [4.69, 9.17) is 13.7 Å². The lowest BCUT2D eigenvalue weighted by Gasteiger charge is -2.34. The maximum Gasteiger partial charge on any atom is 0.412 e. The number of benzene rings is 3. The molecule has 5 rings (SSSR count). The van der Waals surface area contributed by atoms with Crippen LogP contribution in [0.25, 0.3) is 0 Å². The minimum atomic E-state index is -4.58. The van der Waals surface area contributed by atoms with Crippen molar-refractivity contribution in [3.05, 3.63) is 77.9 Å². The molecule has 0 bridgehead atoms. The van der Waals surface area contributed by atoms with Gasteiger partial charge in [-0.3, -0.25) is 0 Å². The highest BCUT2D eigenvalue weighted by molar-refractivity contribution is 7.91. The van der Waals surface area contributed by atoms with E-state index in [0.717, 1.165) is 4.31 Å². The van der Waals surface area contributed by atoms with Crippen LogP contribution in [0.1, 0.15) is 29.3 Å². The minimum Gasteiger partial charge on any atom is -0.486 e. The van der Waals surface area contributed by atoms with Crippen molar-refractivity contribution < 1.29 is 35.3 Å². The highest BCUT2D eigenvalue weighted by Crippen LogP contribution is 2.38. The van der Waals surface area contributed by atoms with Crippen LogP contribution in [0.4, 0.5) is 5.69 Å². The van der Waals surface area contributed by atoms with Crippen molar-refractivity contribution in [3.63, 3.8) is 0 Å². The molecule has 0 radical (unpaired) electrons. The molecule has 0 aromatic heterocycles. The van der Waals surface area contributed by atoms with Crippen molar-refractivity contribution in [3.8, 4) is 11.5 Å². The molecule has 0 N–H and O–H groups in total. The molecule has 2 aliphatic heterocycles. The lowest BCUT2D eigenvalue weighted by Crippen LogP contribution is -2.43. The molecule has 11 heteroatoms. The van der Waals surface area contributed by atoms with Gasteiger partial charge in [-0.15, -0.1) is 0 Å². The third kappa shape index (κ3) is 4.40. The van der Waals surface area contributed by atoms with E-state index in [0.29, 0.717) is 43.1 Å². The molecule has 0 aliphatic carbocycles. The van der Waals surface area contributed by atoms with Crippen LogP contribution in [0.15, 0.2) is 76.5 Å². The Balaban J connectivity index is 1.52. The monoisotopic (exact) mass is 529 g/mol. The van der Waals surface area contributed by atoms with E-state index in [2.05, 4.69) is 0 Å². The predicted molar refractivity (Wildman–Crippen MR) is 130 cm³/mol. The van der Waals surface area contributed by atoms with Gasteiger partial charge in [-0.25, -0.2) is 17.5 Å². The molecular formula is C25H23NO8S2. The maximum atomic E-state index is 13.5. The molecule has 0 saturated heterocycles. The van der Waals surface area contributed by atoms with Gasteiger partial charge in [0.1, 0.15) is 13.2 Å². The zero-order chi connectivity index (χ0) is 25.5. The Morgan fingerprint density at radius 2 is 1.56 bits per heavy atom. The van der Waals surface area contributed by atoms with Crippen LogP contribution in [0.3, 0.4) is 0 Å². The molecule has 0 spiro atoms. The van der Waals surface area contributed by atoms with E-state index >= 15 is 0 Å². The van der Waals surface area contributed by atoms with E-state index in [1.807, 2.05) is 0 Å². The molecule has 3 aromatic rings. The Bertz CT molecular complexity index is 1540. The van der Waals surface area contributed by atoms with Crippen LogP contribution in [0, 0.1) is 0 Å². The van der Waals surface area contributed by atoms with Gasteiger partial charge in [0.05, 0.1) is 21.0 Å². The number of ether oxygens (including phenoxy) is 2. The number of sulfone groups is 1. The summed E-state index contributed by atoms with van der Waals surface area (Å²) in [7, 11) is -8.60. The van der Waals surface area contributed by atoms with Gasteiger partial charge in [-0.1, -0.05) is 24.3 Å². The SMILES string of the molecule is CC1CCc2ccc(S(=O)(=O)c3ccc4c(c3)OCCO4)cc2N1S(=O)(=O)OC(=O)c1ccccc1. The number of fused-ring (bicyclic) bond motifs is 2. The van der Waals surface area contributed by atoms with Gasteiger partial charge in [0.15, 0.2) is 11.5 Å². The standard InChI is InChI=1S/C25H23NO8S2/c1-17-7-8-18-9-10-20(35(28,29)21-11-12-23-24(16-21)33-14-13-32-23)15-22(18)26(17)36(30,31)34-25(27)19-5-3-2-4-6-19/h2-6,9-12,15-17H,7-8,13-14H2,1H3. The predicted octanol–water partition coefficient (Wildman–Crippen LogP) is 3.53. The van der Waals surface area contributed by atoms with Crippen LogP contribution < -0.4 is 13.8 Å². The largest absolute Gasteiger partial charge is 0.486 e. The molecule has 9 nitrogen and oxygen atoms in total. The number of nitrogens with zero attached hydrogens (tertiary/aromatic N) is 1. The first kappa shape index (κ1) is 24.1. The second-order valence-corrected chi connectivity index (χ2v) is 11.8. The molecule has 1 unspecified atom stereocenters. The maximum absolute atomic E-state index is 13.5. The number of aryl methyl sites for hydroxylation is 1. The topological polar surface area (TPSA) is 116 Å². The summed E-state index contributed by atoms with van der Waals surface area (Å²) in [6.45, 7) is 2.36. The van der Waals surface area contributed by atoms with Crippen molar-refractivity contribution in [2.45, 2.75) is 35.6 Å². The Morgan fingerprint density at radius 1 is 0.889 bits per heavy atom. The molecule has 188 valence electrons. The summed E-state index contributed by atoms with van der Waals surface area (Å²) >= 11 is 0. The van der Waals surface area contributed by atoms with Gasteiger partial charge < -0.3 is 13.7 Å². The summed E-state index contributed by atoms with van der Waals surface area (Å²) in [6, 6.07) is 15.9. The van der Waals surface area contributed by atoms with Gasteiger partial charge in [0.25, 0.3) is 0 Å². The van der Waals surface area contributed by atoms with Gasteiger partial charge >= 0.3 is 16.3 Å². The number of rotatable bonds is 5. The van der Waals surface area contributed by atoms with Gasteiger partial charge in [-0.2, -0.15) is 8.42 Å². The summed E-state index contributed by atoms with van der Waals surface area (Å²) in [5, 5.41) is 0. The number of anilines is 1. The number of hydrogen-bond acceptors (Lipinski definition) is 8. The van der Waals surface area contributed by atoms with Crippen molar-refractivity contribution in [1.82, 2.24) is 0 Å². The first-order valence-corrected chi connectivity index (χ1v) is 14.1. The normalized spacial score (nSPS) is 17.2. The lowest BCUT2D eigenvalue weighted by atomic mass is 9.99. The van der Waals surface area contributed by atoms with E-state index in [1.54, 1.807) is 31.2 Å². The van der Waals surface area contributed by atoms with Crippen molar-refractivity contribution in [2.75, 3.05) is 17.5 Å². The Morgan fingerprint density at radius 3 is 2.31 bits per heavy atom. The van der Waals surface area contributed by atoms with Crippen LogP contribution >= 0.6 is 0 Å². The highest BCUT2D eigenvalue weighted by Gasteiger charge is 2.37. The van der Waals surface area contributed by atoms with Gasteiger partial charge in [0, 0.05) is 12.1 Å². The molecule has 3 aromatic carbocycles. The Hall–Kier alpha value is -3.57. The fourth-order valence-electron chi connectivity index (χ4n) is 4.27. The Labute approximate surface area is 209 Å². The van der Waals surface area contributed by atoms with E-state index in [9.17, 15) is 21.6 Å². The van der Waals surface area contributed by atoms with Crippen LogP contribution in [-0.2, 0) is 30.7 Å². The van der Waals surface area contributed by atoms with Crippen molar-refractivity contribution in [2.24, 2.45) is 0 Å². The smallest absolute Gasteiger partial charge is 0.412 e. The lowest BCUT2D eigenvalue weighted by molar-refractivity contribution is 0.0745. The summed E-state index contributed by atoms with van der Waals surface area (Å²) in [5.41, 5.74) is 0.877. The fourth-order valence-corrected chi connectivity index (χ4v) is 6.89. The van der Waals surface area contributed by atoms with E-state index in [-0.39, 0.29) is 21.0 Å². The second-order valence-electron chi connectivity index (χ2n) is 8.48. The summed E-state index contributed by atoms with van der Waals surface area (Å²) < 4.78 is 70.3. The molecule has 1 atom stereocenters. The number of carbonyl (C=O) groups excluding carboxylic acids is 1. The van der Waals surface area contributed by atoms with Crippen molar-refractivity contribution in [1.29, 1.82) is 0 Å². The molecule has 2 aliphatic rings. The highest BCUT2D eigenvalue weighted by atomic mass is 32.2. The average molecular weight is 530 g/mol. The van der Waals surface area contributed by atoms with Crippen LogP contribution in [0.5, 0.6) is 11.5 Å². The molecular weight excluding hydrogens is 506 g/mol. The second kappa shape index (κ2) is 9.14. The summed E-state index contributed by atoms with van der Waals surface area (Å²) in [6.07, 6.45) is 1.02. The van der Waals surface area contributed by atoms with Gasteiger partial charge in [0.2, 0.25) is 9.84 Å². The van der Waals surface area contributed by atoms with Crippen LogP contribution in [-0.4, -0.2) is 42.1 Å². The third-order valence-electron chi connectivity index (χ3n) is 6.09. The summed E-state index contributed by atoms with van der Waals surface area (Å²) in [4.78, 5) is 12.4.